The first-order valence-electron chi connectivity index (χ1n) is 8.99. The molecule has 1 amide bonds. The Kier molecular flexibility index (Phi) is 5.35. The molecule has 0 radical (unpaired) electrons. The van der Waals surface area contributed by atoms with Crippen LogP contribution in [0, 0.1) is 10.1 Å². The van der Waals surface area contributed by atoms with Gasteiger partial charge in [-0.25, -0.2) is 9.67 Å². The van der Waals surface area contributed by atoms with Crippen LogP contribution in [0.15, 0.2) is 59.1 Å². The number of benzene rings is 1. The predicted octanol–water partition coefficient (Wildman–Crippen LogP) is 2.04. The molecule has 0 saturated heterocycles. The molecule has 1 aromatic carbocycles. The molecule has 10 nitrogen and oxygen atoms in total. The Balaban J connectivity index is 1.46. The Hall–Kier alpha value is -3.86. The van der Waals surface area contributed by atoms with Crippen molar-refractivity contribution in [1.29, 1.82) is 0 Å². The van der Waals surface area contributed by atoms with Crippen LogP contribution in [0.3, 0.4) is 0 Å². The van der Waals surface area contributed by atoms with E-state index >= 15 is 0 Å². The summed E-state index contributed by atoms with van der Waals surface area (Å²) in [5.41, 5.74) is 0.914. The van der Waals surface area contributed by atoms with Gasteiger partial charge in [0, 0.05) is 18.7 Å². The summed E-state index contributed by atoms with van der Waals surface area (Å²) >= 11 is 1.36. The van der Waals surface area contributed by atoms with Crippen molar-refractivity contribution in [1.82, 2.24) is 24.6 Å². The number of nitro benzene ring substituents is 1. The number of nitro groups is 1. The second kappa shape index (κ2) is 8.25. The first-order chi connectivity index (χ1) is 14.5. The average molecular weight is 424 g/mol. The Morgan fingerprint density at radius 1 is 1.23 bits per heavy atom. The largest absolute Gasteiger partial charge is 0.349 e. The number of carbonyl (C=O) groups is 1. The van der Waals surface area contributed by atoms with Gasteiger partial charge in [-0.05, 0) is 17.0 Å². The topological polar surface area (TPSA) is 125 Å². The number of non-ortho nitro benzene ring substituents is 1. The van der Waals surface area contributed by atoms with Gasteiger partial charge in [0.1, 0.15) is 11.7 Å². The number of carbonyl (C=O) groups excluding carboxylic acids is 1. The van der Waals surface area contributed by atoms with E-state index in [1.54, 1.807) is 22.9 Å². The number of rotatable bonds is 7. The highest BCUT2D eigenvalue weighted by Gasteiger charge is 2.12. The average Bonchev–Trinajstić information content (AvgIpc) is 3.41. The van der Waals surface area contributed by atoms with Gasteiger partial charge in [0.25, 0.3) is 17.2 Å². The van der Waals surface area contributed by atoms with Crippen molar-refractivity contribution in [3.05, 3.63) is 85.2 Å². The molecule has 0 spiro atoms. The molecule has 0 aliphatic carbocycles. The zero-order valence-electron chi connectivity index (χ0n) is 15.6. The number of hydrogen-bond donors (Lipinski definition) is 1. The van der Waals surface area contributed by atoms with E-state index in [-0.39, 0.29) is 23.7 Å². The Morgan fingerprint density at radius 3 is 2.73 bits per heavy atom. The van der Waals surface area contributed by atoms with Crippen LogP contribution in [0.1, 0.15) is 15.2 Å². The van der Waals surface area contributed by atoms with Crippen molar-refractivity contribution in [3.63, 3.8) is 0 Å². The number of fused-ring (bicyclic) bond motifs is 1. The summed E-state index contributed by atoms with van der Waals surface area (Å²) in [6.45, 7) is 0.961. The first kappa shape index (κ1) is 19.5. The third kappa shape index (κ3) is 3.96. The fourth-order valence-electron chi connectivity index (χ4n) is 2.96. The minimum absolute atomic E-state index is 0.00730. The smallest absolute Gasteiger partial charge is 0.269 e. The van der Waals surface area contributed by atoms with Crippen LogP contribution in [0.4, 0.5) is 5.69 Å². The van der Waals surface area contributed by atoms with Crippen LogP contribution in [0.25, 0.3) is 11.0 Å². The zero-order valence-corrected chi connectivity index (χ0v) is 16.4. The van der Waals surface area contributed by atoms with E-state index < -0.39 is 4.92 Å². The van der Waals surface area contributed by atoms with Crippen LogP contribution in [0.5, 0.6) is 0 Å². The van der Waals surface area contributed by atoms with E-state index in [0.29, 0.717) is 29.0 Å². The number of nitrogens with zero attached hydrogens (tertiary/aromatic N) is 5. The van der Waals surface area contributed by atoms with Crippen molar-refractivity contribution < 1.29 is 9.72 Å². The van der Waals surface area contributed by atoms with E-state index in [2.05, 4.69) is 15.4 Å². The summed E-state index contributed by atoms with van der Waals surface area (Å²) in [6, 6.07) is 9.57. The van der Waals surface area contributed by atoms with Gasteiger partial charge < -0.3 is 5.32 Å². The molecule has 152 valence electrons. The molecule has 1 N–H and O–H groups in total. The first-order valence-corrected chi connectivity index (χ1v) is 9.87. The molecule has 4 rings (SSSR count). The molecule has 0 fully saturated rings. The number of hydrogen-bond acceptors (Lipinski definition) is 7. The highest BCUT2D eigenvalue weighted by Crippen LogP contribution is 2.13. The van der Waals surface area contributed by atoms with Crippen molar-refractivity contribution in [2.45, 2.75) is 13.1 Å². The summed E-state index contributed by atoms with van der Waals surface area (Å²) in [6.07, 6.45) is 2.88. The maximum Gasteiger partial charge on any atom is 0.269 e. The van der Waals surface area contributed by atoms with Gasteiger partial charge >= 0.3 is 0 Å². The van der Waals surface area contributed by atoms with Gasteiger partial charge in [-0.15, -0.1) is 11.3 Å². The molecule has 0 aliphatic rings. The second-order valence-electron chi connectivity index (χ2n) is 6.44. The molecule has 0 unspecified atom stereocenters. The maximum absolute atomic E-state index is 12.8. The highest BCUT2D eigenvalue weighted by atomic mass is 32.1. The fourth-order valence-corrected chi connectivity index (χ4v) is 3.60. The van der Waals surface area contributed by atoms with Crippen LogP contribution in [0.2, 0.25) is 0 Å². The lowest BCUT2D eigenvalue weighted by Gasteiger charge is -2.07. The molecule has 0 bridgehead atoms. The second-order valence-corrected chi connectivity index (χ2v) is 7.39. The number of aromatic nitrogens is 4. The summed E-state index contributed by atoms with van der Waals surface area (Å²) in [5, 5.41) is 20.0. The molecule has 3 heterocycles. The van der Waals surface area contributed by atoms with Crippen molar-refractivity contribution >= 4 is 34.0 Å². The standard InChI is InChI=1S/C19H16N6O4S/c26-18(16-2-1-9-30-16)20-7-8-24-17-15(10-22-24)19(27)23(12-21-17)11-13-3-5-14(6-4-13)25(28)29/h1-6,9-10,12H,7-8,11H2,(H,20,26). The van der Waals surface area contributed by atoms with E-state index in [0.717, 1.165) is 5.56 Å². The minimum Gasteiger partial charge on any atom is -0.349 e. The van der Waals surface area contributed by atoms with Crippen LogP contribution in [-0.2, 0) is 13.1 Å². The van der Waals surface area contributed by atoms with Gasteiger partial charge in [0.15, 0.2) is 5.65 Å². The third-order valence-electron chi connectivity index (χ3n) is 4.48. The lowest BCUT2D eigenvalue weighted by atomic mass is 10.2. The van der Waals surface area contributed by atoms with Crippen LogP contribution in [-0.4, -0.2) is 36.7 Å². The predicted molar refractivity (Wildman–Crippen MR) is 111 cm³/mol. The SMILES string of the molecule is O=C(NCCn1ncc2c(=O)n(Cc3ccc([N+](=O)[O-])cc3)cnc21)c1cccs1. The Labute approximate surface area is 173 Å². The van der Waals surface area contributed by atoms with E-state index in [1.807, 2.05) is 11.4 Å². The van der Waals surface area contributed by atoms with Gasteiger partial charge in [-0.3, -0.25) is 24.3 Å². The molecule has 3 aromatic heterocycles. The maximum atomic E-state index is 12.8. The summed E-state index contributed by atoms with van der Waals surface area (Å²) in [5.74, 6) is -0.153. The van der Waals surface area contributed by atoms with Crippen LogP contribution < -0.4 is 10.9 Å². The number of amides is 1. The third-order valence-corrected chi connectivity index (χ3v) is 5.35. The fraction of sp³-hybridized carbons (Fsp3) is 0.158. The molecule has 0 saturated carbocycles. The van der Waals surface area contributed by atoms with E-state index in [9.17, 15) is 19.7 Å². The molecule has 30 heavy (non-hydrogen) atoms. The summed E-state index contributed by atoms with van der Waals surface area (Å²) in [4.78, 5) is 40.0. The number of thiophene rings is 1. The monoisotopic (exact) mass is 424 g/mol. The molecule has 4 aromatic rings. The molecule has 11 heteroatoms. The molecular weight excluding hydrogens is 408 g/mol. The lowest BCUT2D eigenvalue weighted by Crippen LogP contribution is -2.27. The van der Waals surface area contributed by atoms with Gasteiger partial charge in [-0.1, -0.05) is 18.2 Å². The summed E-state index contributed by atoms with van der Waals surface area (Å²) in [7, 11) is 0. The normalized spacial score (nSPS) is 10.9. The molecule has 0 aliphatic heterocycles. The van der Waals surface area contributed by atoms with Gasteiger partial charge in [0.05, 0.1) is 29.1 Å². The Morgan fingerprint density at radius 2 is 2.03 bits per heavy atom. The van der Waals surface area contributed by atoms with Gasteiger partial charge in [-0.2, -0.15) is 5.10 Å². The minimum atomic E-state index is -0.471. The van der Waals surface area contributed by atoms with E-state index in [1.165, 1.54) is 40.6 Å². The lowest BCUT2D eigenvalue weighted by molar-refractivity contribution is -0.384. The highest BCUT2D eigenvalue weighted by molar-refractivity contribution is 7.12. The van der Waals surface area contributed by atoms with Crippen molar-refractivity contribution in [3.8, 4) is 0 Å². The molecular formula is C19H16N6O4S. The number of nitrogens with one attached hydrogen (secondary N) is 1. The quantitative estimate of drug-likeness (QED) is 0.357. The van der Waals surface area contributed by atoms with Crippen molar-refractivity contribution in [2.24, 2.45) is 0 Å². The van der Waals surface area contributed by atoms with Crippen molar-refractivity contribution in [2.75, 3.05) is 6.54 Å². The molecule has 0 atom stereocenters. The summed E-state index contributed by atoms with van der Waals surface area (Å²) < 4.78 is 3.00. The Bertz CT molecular complexity index is 1260. The van der Waals surface area contributed by atoms with Crippen LogP contribution >= 0.6 is 11.3 Å². The zero-order chi connectivity index (χ0) is 21.1. The van der Waals surface area contributed by atoms with Gasteiger partial charge in [0.2, 0.25) is 0 Å². The van der Waals surface area contributed by atoms with E-state index in [4.69, 9.17) is 0 Å².